The van der Waals surface area contributed by atoms with Crippen molar-refractivity contribution in [2.75, 3.05) is 18.2 Å². The second-order valence-electron chi connectivity index (χ2n) is 6.49. The van der Waals surface area contributed by atoms with Gasteiger partial charge in [-0.1, -0.05) is 12.1 Å². The molecule has 2 N–H and O–H groups in total. The standard InChI is InChI=1S/C19H16N4O3S/c1-26-15-4-2-3-14-17(15)13-10-20-23-18(13)19(22-14)21-12-6-5-11-7-8-27(24,25)16(11)9-12/h2-6,9-10H,7-8H2,1H3,(H,20,23)(H,21,22). The van der Waals surface area contributed by atoms with Crippen LogP contribution in [-0.2, 0) is 16.3 Å². The number of ether oxygens (including phenoxy) is 1. The minimum atomic E-state index is -3.19. The molecule has 4 aromatic rings. The molecule has 0 aliphatic carbocycles. The number of aromatic nitrogens is 3. The number of nitrogens with one attached hydrogen (secondary N) is 2. The van der Waals surface area contributed by atoms with Gasteiger partial charge in [-0.05, 0) is 36.2 Å². The Morgan fingerprint density at radius 3 is 2.96 bits per heavy atom. The third-order valence-corrected chi connectivity index (χ3v) is 6.70. The quantitative estimate of drug-likeness (QED) is 0.567. The first-order chi connectivity index (χ1) is 13.1. The van der Waals surface area contributed by atoms with Gasteiger partial charge in [-0.3, -0.25) is 5.10 Å². The number of rotatable bonds is 3. The molecule has 0 saturated heterocycles. The smallest absolute Gasteiger partial charge is 0.179 e. The minimum Gasteiger partial charge on any atom is -0.496 e. The van der Waals surface area contributed by atoms with Crippen LogP contribution in [0.1, 0.15) is 5.56 Å². The zero-order valence-electron chi connectivity index (χ0n) is 14.5. The zero-order valence-corrected chi connectivity index (χ0v) is 15.3. The predicted octanol–water partition coefficient (Wildman–Crippen LogP) is 3.19. The molecule has 0 amide bonds. The molecule has 0 saturated carbocycles. The number of anilines is 2. The molecule has 0 radical (unpaired) electrons. The van der Waals surface area contributed by atoms with Gasteiger partial charge in [0.05, 0.1) is 34.9 Å². The topological polar surface area (TPSA) is 97.0 Å². The van der Waals surface area contributed by atoms with Crippen molar-refractivity contribution in [2.24, 2.45) is 0 Å². The molecule has 1 aliphatic heterocycles. The van der Waals surface area contributed by atoms with Gasteiger partial charge in [-0.15, -0.1) is 0 Å². The third-order valence-electron chi connectivity index (χ3n) is 4.91. The SMILES string of the molecule is COc1cccc2nc(Nc3ccc4c(c3)S(=O)(=O)CC4)c3[nH]ncc3c12. The summed E-state index contributed by atoms with van der Waals surface area (Å²) in [5.74, 6) is 1.48. The first-order valence-corrected chi connectivity index (χ1v) is 10.1. The Labute approximate surface area is 155 Å². The van der Waals surface area contributed by atoms with Crippen LogP contribution < -0.4 is 10.1 Å². The highest BCUT2D eigenvalue weighted by atomic mass is 32.2. The molecule has 0 fully saturated rings. The van der Waals surface area contributed by atoms with Crippen LogP contribution >= 0.6 is 0 Å². The van der Waals surface area contributed by atoms with Crippen LogP contribution in [0.5, 0.6) is 5.75 Å². The van der Waals surface area contributed by atoms with Crippen molar-refractivity contribution in [3.05, 3.63) is 48.2 Å². The molecular formula is C19H16N4O3S. The van der Waals surface area contributed by atoms with E-state index in [-0.39, 0.29) is 5.75 Å². The fourth-order valence-corrected chi connectivity index (χ4v) is 5.18. The van der Waals surface area contributed by atoms with Crippen molar-refractivity contribution in [2.45, 2.75) is 11.3 Å². The first-order valence-electron chi connectivity index (χ1n) is 8.49. The second-order valence-corrected chi connectivity index (χ2v) is 8.57. The lowest BCUT2D eigenvalue weighted by Crippen LogP contribution is -2.01. The van der Waals surface area contributed by atoms with Crippen molar-refractivity contribution in [1.29, 1.82) is 0 Å². The Balaban J connectivity index is 1.67. The van der Waals surface area contributed by atoms with Crippen LogP contribution in [0, 0.1) is 0 Å². The number of hydrogen-bond acceptors (Lipinski definition) is 6. The predicted molar refractivity (Wildman–Crippen MR) is 103 cm³/mol. The van der Waals surface area contributed by atoms with Gasteiger partial charge >= 0.3 is 0 Å². The number of pyridine rings is 1. The van der Waals surface area contributed by atoms with Gasteiger partial charge < -0.3 is 10.1 Å². The van der Waals surface area contributed by atoms with E-state index < -0.39 is 9.84 Å². The minimum absolute atomic E-state index is 0.171. The number of nitrogens with zero attached hydrogens (tertiary/aromatic N) is 2. The molecule has 7 nitrogen and oxygen atoms in total. The lowest BCUT2D eigenvalue weighted by Gasteiger charge is -2.11. The number of fused-ring (bicyclic) bond motifs is 4. The molecule has 0 atom stereocenters. The maximum absolute atomic E-state index is 12.2. The van der Waals surface area contributed by atoms with Crippen LogP contribution in [0.15, 0.2) is 47.5 Å². The van der Waals surface area contributed by atoms with E-state index in [1.807, 2.05) is 30.3 Å². The summed E-state index contributed by atoms with van der Waals surface area (Å²) >= 11 is 0. The normalized spacial score (nSPS) is 15.1. The number of sulfone groups is 1. The van der Waals surface area contributed by atoms with E-state index in [4.69, 9.17) is 9.72 Å². The van der Waals surface area contributed by atoms with Crippen LogP contribution in [0.2, 0.25) is 0 Å². The van der Waals surface area contributed by atoms with E-state index in [0.29, 0.717) is 22.8 Å². The van der Waals surface area contributed by atoms with Gasteiger partial charge in [-0.25, -0.2) is 13.4 Å². The summed E-state index contributed by atoms with van der Waals surface area (Å²) in [5.41, 5.74) is 3.03. The Hall–Kier alpha value is -3.13. The molecule has 27 heavy (non-hydrogen) atoms. The highest BCUT2D eigenvalue weighted by Crippen LogP contribution is 2.36. The second kappa shape index (κ2) is 5.68. The van der Waals surface area contributed by atoms with Crippen molar-refractivity contribution < 1.29 is 13.2 Å². The van der Waals surface area contributed by atoms with Crippen molar-refractivity contribution in [1.82, 2.24) is 15.2 Å². The van der Waals surface area contributed by atoms with E-state index >= 15 is 0 Å². The van der Waals surface area contributed by atoms with E-state index in [2.05, 4.69) is 15.5 Å². The average Bonchev–Trinajstić information content (AvgIpc) is 3.27. The maximum atomic E-state index is 12.2. The Morgan fingerprint density at radius 1 is 1.22 bits per heavy atom. The monoisotopic (exact) mass is 380 g/mol. The molecule has 3 heterocycles. The first kappa shape index (κ1) is 16.1. The van der Waals surface area contributed by atoms with Gasteiger partial charge in [0.25, 0.3) is 0 Å². The Bertz CT molecular complexity index is 1310. The van der Waals surface area contributed by atoms with Gasteiger partial charge in [0.2, 0.25) is 0 Å². The van der Waals surface area contributed by atoms with E-state index in [9.17, 15) is 8.42 Å². The Kier molecular flexibility index (Phi) is 3.38. The van der Waals surface area contributed by atoms with Gasteiger partial charge in [0, 0.05) is 11.1 Å². The molecule has 2 aromatic heterocycles. The largest absolute Gasteiger partial charge is 0.496 e. The summed E-state index contributed by atoms with van der Waals surface area (Å²) in [7, 11) is -1.57. The molecule has 0 spiro atoms. The molecule has 5 rings (SSSR count). The number of methoxy groups -OCH3 is 1. The lowest BCUT2D eigenvalue weighted by molar-refractivity contribution is 0.420. The average molecular weight is 380 g/mol. The van der Waals surface area contributed by atoms with E-state index in [1.54, 1.807) is 19.4 Å². The number of benzene rings is 2. The number of aryl methyl sites for hydroxylation is 1. The molecule has 136 valence electrons. The van der Waals surface area contributed by atoms with Crippen molar-refractivity contribution in [3.8, 4) is 5.75 Å². The highest BCUT2D eigenvalue weighted by molar-refractivity contribution is 7.91. The summed E-state index contributed by atoms with van der Waals surface area (Å²) < 4.78 is 29.9. The molecule has 1 aliphatic rings. The Morgan fingerprint density at radius 2 is 2.11 bits per heavy atom. The van der Waals surface area contributed by atoms with E-state index in [1.165, 1.54) is 0 Å². The van der Waals surface area contributed by atoms with Crippen LogP contribution in [0.4, 0.5) is 11.5 Å². The highest BCUT2D eigenvalue weighted by Gasteiger charge is 2.26. The summed E-state index contributed by atoms with van der Waals surface area (Å²) in [6.45, 7) is 0. The zero-order chi connectivity index (χ0) is 18.6. The summed E-state index contributed by atoms with van der Waals surface area (Å²) in [6.07, 6.45) is 2.30. The van der Waals surface area contributed by atoms with Gasteiger partial charge in [0.15, 0.2) is 15.7 Å². The van der Waals surface area contributed by atoms with Crippen LogP contribution in [0.3, 0.4) is 0 Å². The molecule has 0 bridgehead atoms. The fraction of sp³-hybridized carbons (Fsp3) is 0.158. The molecule has 0 unspecified atom stereocenters. The number of aromatic amines is 1. The van der Waals surface area contributed by atoms with Crippen molar-refractivity contribution in [3.63, 3.8) is 0 Å². The number of hydrogen-bond donors (Lipinski definition) is 2. The van der Waals surface area contributed by atoms with Gasteiger partial charge in [-0.2, -0.15) is 5.10 Å². The summed E-state index contributed by atoms with van der Waals surface area (Å²) in [6, 6.07) is 11.1. The number of H-pyrrole nitrogens is 1. The third kappa shape index (κ3) is 2.44. The van der Waals surface area contributed by atoms with Crippen LogP contribution in [-0.4, -0.2) is 36.5 Å². The van der Waals surface area contributed by atoms with Crippen molar-refractivity contribution >= 4 is 43.1 Å². The maximum Gasteiger partial charge on any atom is 0.179 e. The summed E-state index contributed by atoms with van der Waals surface area (Å²) in [4.78, 5) is 5.10. The molecule has 8 heteroatoms. The molecule has 2 aromatic carbocycles. The molecular weight excluding hydrogens is 364 g/mol. The van der Waals surface area contributed by atoms with Gasteiger partial charge in [0.1, 0.15) is 11.3 Å². The van der Waals surface area contributed by atoms with Crippen LogP contribution in [0.25, 0.3) is 21.8 Å². The van der Waals surface area contributed by atoms with E-state index in [0.717, 1.165) is 33.1 Å². The summed E-state index contributed by atoms with van der Waals surface area (Å²) in [5, 5.41) is 12.1. The lowest BCUT2D eigenvalue weighted by atomic mass is 10.1. The fourth-order valence-electron chi connectivity index (χ4n) is 3.60.